The first kappa shape index (κ1) is 24.4. The summed E-state index contributed by atoms with van der Waals surface area (Å²) in [6.45, 7) is 5.30. The highest BCUT2D eigenvalue weighted by Crippen LogP contribution is 2.46. The Bertz CT molecular complexity index is 1560. The molecule has 2 aliphatic rings. The number of aliphatic hydroxyl groups is 1. The first-order valence-electron chi connectivity index (χ1n) is 12.5. The molecule has 4 aromatic rings. The normalized spacial score (nSPS) is 19.1. The third-order valence-corrected chi connectivity index (χ3v) is 7.37. The van der Waals surface area contributed by atoms with E-state index in [1.807, 2.05) is 57.3 Å². The number of carbonyl (C=O) groups excluding carboxylic acids is 1. The number of hydrogen-bond donors (Lipinski definition) is 1. The molecule has 0 spiro atoms. The van der Waals surface area contributed by atoms with Crippen molar-refractivity contribution >= 4 is 40.0 Å². The number of carbonyl (C=O) groups is 1. The molecule has 0 aliphatic carbocycles. The first-order valence-corrected chi connectivity index (χ1v) is 13.2. The topological polar surface area (TPSA) is 94.0 Å². The van der Waals surface area contributed by atoms with Gasteiger partial charge in [0.1, 0.15) is 29.1 Å². The number of anilines is 1. The monoisotopic (exact) mass is 529 g/mol. The maximum Gasteiger partial charge on any atom is 0.342 e. The summed E-state index contributed by atoms with van der Waals surface area (Å²) in [7, 11) is 2.02. The van der Waals surface area contributed by atoms with Crippen molar-refractivity contribution in [2.45, 2.75) is 32.2 Å². The maximum absolute atomic E-state index is 13.4. The number of cyclic esters (lactones) is 1. The smallest absolute Gasteiger partial charge is 0.342 e. The molecule has 3 aromatic carbocycles. The summed E-state index contributed by atoms with van der Waals surface area (Å²) < 4.78 is 25.9. The van der Waals surface area contributed by atoms with Crippen molar-refractivity contribution in [1.82, 2.24) is 8.75 Å². The van der Waals surface area contributed by atoms with E-state index in [0.29, 0.717) is 40.1 Å². The summed E-state index contributed by atoms with van der Waals surface area (Å²) in [4.78, 5) is 15.5. The van der Waals surface area contributed by atoms with E-state index in [2.05, 4.69) is 13.6 Å². The van der Waals surface area contributed by atoms with Crippen molar-refractivity contribution in [1.29, 1.82) is 0 Å². The van der Waals surface area contributed by atoms with Gasteiger partial charge in [-0.1, -0.05) is 12.1 Å². The van der Waals surface area contributed by atoms with Gasteiger partial charge in [0.05, 0.1) is 35.6 Å². The van der Waals surface area contributed by atoms with Crippen molar-refractivity contribution in [3.63, 3.8) is 0 Å². The molecule has 0 saturated carbocycles. The van der Waals surface area contributed by atoms with Gasteiger partial charge in [0.15, 0.2) is 0 Å². The summed E-state index contributed by atoms with van der Waals surface area (Å²) in [5.74, 6) is -1.06. The third-order valence-electron chi connectivity index (χ3n) is 6.81. The van der Waals surface area contributed by atoms with Gasteiger partial charge in [0.25, 0.3) is 5.79 Å². The predicted octanol–water partition coefficient (Wildman–Crippen LogP) is 4.71. The Morgan fingerprint density at radius 1 is 1.08 bits per heavy atom. The molecular weight excluding hydrogens is 502 g/mol. The molecule has 194 valence electrons. The highest BCUT2D eigenvalue weighted by Gasteiger charge is 2.48. The fourth-order valence-corrected chi connectivity index (χ4v) is 5.47. The van der Waals surface area contributed by atoms with Crippen LogP contribution < -0.4 is 14.4 Å². The fraction of sp³-hybridized carbons (Fsp3) is 0.276. The molecule has 9 heteroatoms. The number of ether oxygens (including phenoxy) is 3. The molecule has 0 amide bonds. The van der Waals surface area contributed by atoms with E-state index in [0.717, 1.165) is 40.8 Å². The van der Waals surface area contributed by atoms with E-state index >= 15 is 0 Å². The van der Waals surface area contributed by atoms with Gasteiger partial charge in [-0.25, -0.2) is 4.79 Å². The Kier molecular flexibility index (Phi) is 6.04. The minimum atomic E-state index is -1.95. The Morgan fingerprint density at radius 2 is 1.87 bits per heavy atom. The van der Waals surface area contributed by atoms with Crippen LogP contribution in [-0.4, -0.2) is 46.1 Å². The molecule has 0 radical (unpaired) electrons. The number of aromatic nitrogens is 2. The van der Waals surface area contributed by atoms with Gasteiger partial charge in [-0.3, -0.25) is 0 Å². The Labute approximate surface area is 224 Å². The van der Waals surface area contributed by atoms with Crippen LogP contribution in [0, 0.1) is 0 Å². The quantitative estimate of drug-likeness (QED) is 0.359. The second-order valence-corrected chi connectivity index (χ2v) is 10.3. The second kappa shape index (κ2) is 9.41. The zero-order valence-electron chi connectivity index (χ0n) is 21.3. The highest BCUT2D eigenvalue weighted by molar-refractivity contribution is 7.00. The molecule has 8 nitrogen and oxygen atoms in total. The van der Waals surface area contributed by atoms with Crippen LogP contribution in [-0.2, 0) is 21.7 Å². The molecule has 2 aliphatic heterocycles. The van der Waals surface area contributed by atoms with Crippen molar-refractivity contribution in [2.24, 2.45) is 0 Å². The SMILES string of the molecule is CC(C)Oc1ccc(C2(O)OC(=O)C(c3ccc4nsnc4c3)=C2Cc2ccc3c(c2)N(C)CCO3)cc1. The summed E-state index contributed by atoms with van der Waals surface area (Å²) in [6, 6.07) is 18.4. The molecule has 6 rings (SSSR count). The standard InChI is InChI=1S/C29H27N3O5S/c1-17(2)36-21-8-6-20(7-9-21)29(34)22(14-18-4-11-26-25(15-18)32(3)12-13-35-26)27(28(33)37-29)19-5-10-23-24(16-19)31-38-30-23/h4-11,15-17,34H,12-14H2,1-3H3. The highest BCUT2D eigenvalue weighted by atomic mass is 32.1. The Hall–Kier alpha value is -3.95. The van der Waals surface area contributed by atoms with Crippen molar-refractivity contribution in [3.8, 4) is 11.5 Å². The van der Waals surface area contributed by atoms with Crippen LogP contribution in [0.3, 0.4) is 0 Å². The number of hydrogen-bond acceptors (Lipinski definition) is 9. The number of fused-ring (bicyclic) bond motifs is 2. The molecule has 3 heterocycles. The maximum atomic E-state index is 13.4. The van der Waals surface area contributed by atoms with Crippen molar-refractivity contribution < 1.29 is 24.1 Å². The van der Waals surface area contributed by atoms with E-state index in [9.17, 15) is 9.90 Å². The number of esters is 1. The number of nitrogens with zero attached hydrogens (tertiary/aromatic N) is 3. The van der Waals surface area contributed by atoms with E-state index in [4.69, 9.17) is 14.2 Å². The average molecular weight is 530 g/mol. The molecule has 0 saturated heterocycles. The zero-order valence-corrected chi connectivity index (χ0v) is 22.1. The Morgan fingerprint density at radius 3 is 2.66 bits per heavy atom. The molecule has 1 aromatic heterocycles. The number of likely N-dealkylation sites (N-methyl/N-ethyl adjacent to an activating group) is 1. The van der Waals surface area contributed by atoms with Crippen LogP contribution in [0.4, 0.5) is 5.69 Å². The van der Waals surface area contributed by atoms with Gasteiger partial charge in [0.2, 0.25) is 0 Å². The van der Waals surface area contributed by atoms with Gasteiger partial charge < -0.3 is 24.2 Å². The van der Waals surface area contributed by atoms with E-state index in [1.165, 1.54) is 0 Å². The zero-order chi connectivity index (χ0) is 26.4. The van der Waals surface area contributed by atoms with Gasteiger partial charge in [-0.05, 0) is 73.5 Å². The Balaban J connectivity index is 1.47. The van der Waals surface area contributed by atoms with Gasteiger partial charge in [-0.15, -0.1) is 0 Å². The van der Waals surface area contributed by atoms with Gasteiger partial charge in [-0.2, -0.15) is 8.75 Å². The lowest BCUT2D eigenvalue weighted by atomic mass is 9.87. The average Bonchev–Trinajstić information content (AvgIpc) is 3.46. The molecule has 0 bridgehead atoms. The number of rotatable bonds is 6. The van der Waals surface area contributed by atoms with Crippen LogP contribution >= 0.6 is 11.7 Å². The van der Waals surface area contributed by atoms with Crippen LogP contribution in [0.2, 0.25) is 0 Å². The van der Waals surface area contributed by atoms with Gasteiger partial charge >= 0.3 is 5.97 Å². The second-order valence-electron chi connectivity index (χ2n) is 9.79. The molecule has 0 fully saturated rings. The van der Waals surface area contributed by atoms with E-state index < -0.39 is 11.8 Å². The molecule has 38 heavy (non-hydrogen) atoms. The van der Waals surface area contributed by atoms with Crippen molar-refractivity contribution in [3.05, 3.63) is 82.9 Å². The van der Waals surface area contributed by atoms with E-state index in [-0.39, 0.29) is 12.5 Å². The van der Waals surface area contributed by atoms with E-state index in [1.54, 1.807) is 24.3 Å². The molecule has 1 atom stereocenters. The summed E-state index contributed by atoms with van der Waals surface area (Å²) in [5.41, 5.74) is 5.18. The predicted molar refractivity (Wildman–Crippen MR) is 145 cm³/mol. The summed E-state index contributed by atoms with van der Waals surface area (Å²) in [5, 5.41) is 12.0. The third kappa shape index (κ3) is 4.27. The van der Waals surface area contributed by atoms with Crippen LogP contribution in [0.5, 0.6) is 11.5 Å². The van der Waals surface area contributed by atoms with Crippen LogP contribution in [0.1, 0.15) is 30.5 Å². The van der Waals surface area contributed by atoms with Crippen molar-refractivity contribution in [2.75, 3.05) is 25.1 Å². The molecular formula is C29H27N3O5S. The van der Waals surface area contributed by atoms with Gasteiger partial charge in [0, 0.05) is 24.6 Å². The molecule has 1 N–H and O–H groups in total. The largest absolute Gasteiger partial charge is 0.491 e. The summed E-state index contributed by atoms with van der Waals surface area (Å²) >= 11 is 1.11. The molecule has 1 unspecified atom stereocenters. The number of benzene rings is 3. The minimum Gasteiger partial charge on any atom is -0.491 e. The lowest BCUT2D eigenvalue weighted by Crippen LogP contribution is -2.30. The first-order chi connectivity index (χ1) is 18.3. The fourth-order valence-electron chi connectivity index (χ4n) is 4.95. The van der Waals surface area contributed by atoms with Crippen LogP contribution in [0.15, 0.2) is 66.2 Å². The summed E-state index contributed by atoms with van der Waals surface area (Å²) in [6.07, 6.45) is 0.299. The van der Waals surface area contributed by atoms with Crippen LogP contribution in [0.25, 0.3) is 16.6 Å². The lowest BCUT2D eigenvalue weighted by molar-refractivity contribution is -0.185. The lowest BCUT2D eigenvalue weighted by Gasteiger charge is -2.29. The minimum absolute atomic E-state index is 0.0107.